The fourth-order valence-electron chi connectivity index (χ4n) is 1.29. The maximum absolute atomic E-state index is 11.8. The van der Waals surface area contributed by atoms with Crippen LogP contribution in [0.3, 0.4) is 0 Å². The minimum atomic E-state index is -0.308. The molecule has 0 aliphatic rings. The molecule has 5 nitrogen and oxygen atoms in total. The molecule has 0 radical (unpaired) electrons. The summed E-state index contributed by atoms with van der Waals surface area (Å²) in [6.45, 7) is 0.417. The highest BCUT2D eigenvalue weighted by Gasteiger charge is 2.14. The fraction of sp³-hybridized carbons (Fsp3) is 0.364. The first-order valence-corrected chi connectivity index (χ1v) is 5.50. The Morgan fingerprint density at radius 3 is 2.88 bits per heavy atom. The third-order valence-corrected chi connectivity index (χ3v) is 2.51. The van der Waals surface area contributed by atoms with E-state index in [2.05, 4.69) is 5.32 Å². The average Bonchev–Trinajstić information content (AvgIpc) is 2.32. The molecule has 0 bridgehead atoms. The number of nitrogen functional groups attached to an aromatic ring is 1. The SMILES string of the molecule is COc1cc(N)c(Cl)cc1C(=O)NCCCO. The average molecular weight is 259 g/mol. The normalized spacial score (nSPS) is 10.1. The number of nitrogens with two attached hydrogens (primary N) is 1. The Hall–Kier alpha value is -1.46. The summed E-state index contributed by atoms with van der Waals surface area (Å²) in [6, 6.07) is 2.97. The van der Waals surface area contributed by atoms with Crippen molar-refractivity contribution in [3.05, 3.63) is 22.7 Å². The van der Waals surface area contributed by atoms with Gasteiger partial charge in [0.25, 0.3) is 5.91 Å². The number of methoxy groups -OCH3 is 1. The molecule has 0 heterocycles. The Morgan fingerprint density at radius 1 is 1.59 bits per heavy atom. The van der Waals surface area contributed by atoms with Crippen LogP contribution < -0.4 is 15.8 Å². The Bertz CT molecular complexity index is 410. The lowest BCUT2D eigenvalue weighted by molar-refractivity contribution is 0.0948. The lowest BCUT2D eigenvalue weighted by atomic mass is 10.1. The van der Waals surface area contributed by atoms with Gasteiger partial charge in [0.15, 0.2) is 0 Å². The zero-order chi connectivity index (χ0) is 12.8. The van der Waals surface area contributed by atoms with Crippen LogP contribution in [0, 0.1) is 0 Å². The highest BCUT2D eigenvalue weighted by molar-refractivity contribution is 6.33. The van der Waals surface area contributed by atoms with E-state index in [0.717, 1.165) is 0 Å². The van der Waals surface area contributed by atoms with Crippen molar-refractivity contribution < 1.29 is 14.6 Å². The minimum Gasteiger partial charge on any atom is -0.496 e. The summed E-state index contributed by atoms with van der Waals surface area (Å²) in [7, 11) is 1.45. The Morgan fingerprint density at radius 2 is 2.29 bits per heavy atom. The van der Waals surface area contributed by atoms with Crippen LogP contribution in [-0.4, -0.2) is 31.3 Å². The molecule has 1 aromatic rings. The molecule has 6 heteroatoms. The quantitative estimate of drug-likeness (QED) is 0.544. The monoisotopic (exact) mass is 258 g/mol. The maximum Gasteiger partial charge on any atom is 0.255 e. The number of amides is 1. The standard InChI is InChI=1S/C11H15ClN2O3/c1-17-10-6-9(13)8(12)5-7(10)11(16)14-3-2-4-15/h5-6,15H,2-4,13H2,1H3,(H,14,16). The summed E-state index contributed by atoms with van der Waals surface area (Å²) in [4.78, 5) is 11.8. The molecule has 94 valence electrons. The number of aliphatic hydroxyl groups excluding tert-OH is 1. The van der Waals surface area contributed by atoms with Crippen LogP contribution in [0.15, 0.2) is 12.1 Å². The van der Waals surface area contributed by atoms with E-state index in [1.54, 1.807) is 0 Å². The summed E-state index contributed by atoms with van der Waals surface area (Å²) in [5, 5.41) is 11.6. The zero-order valence-corrected chi connectivity index (χ0v) is 10.3. The number of aliphatic hydroxyl groups is 1. The van der Waals surface area contributed by atoms with E-state index in [1.165, 1.54) is 19.2 Å². The van der Waals surface area contributed by atoms with E-state index < -0.39 is 0 Å². The molecule has 0 saturated heterocycles. The van der Waals surface area contributed by atoms with Crippen molar-refractivity contribution in [2.45, 2.75) is 6.42 Å². The number of hydrogen-bond donors (Lipinski definition) is 3. The molecule has 17 heavy (non-hydrogen) atoms. The Kier molecular flexibility index (Phi) is 5.06. The predicted octanol–water partition coefficient (Wildman–Crippen LogP) is 1.04. The zero-order valence-electron chi connectivity index (χ0n) is 9.50. The smallest absolute Gasteiger partial charge is 0.255 e. The first-order chi connectivity index (χ1) is 8.10. The van der Waals surface area contributed by atoms with Gasteiger partial charge >= 0.3 is 0 Å². The number of anilines is 1. The van der Waals surface area contributed by atoms with Gasteiger partial charge in [-0.25, -0.2) is 0 Å². The summed E-state index contributed by atoms with van der Waals surface area (Å²) in [6.07, 6.45) is 0.497. The van der Waals surface area contributed by atoms with Crippen LogP contribution in [-0.2, 0) is 0 Å². The highest BCUT2D eigenvalue weighted by Crippen LogP contribution is 2.28. The number of hydrogen-bond acceptors (Lipinski definition) is 4. The maximum atomic E-state index is 11.8. The van der Waals surface area contributed by atoms with Crippen LogP contribution in [0.5, 0.6) is 5.75 Å². The number of nitrogens with one attached hydrogen (secondary N) is 1. The van der Waals surface area contributed by atoms with Crippen molar-refractivity contribution in [2.24, 2.45) is 0 Å². The predicted molar refractivity (Wildman–Crippen MR) is 66.5 cm³/mol. The van der Waals surface area contributed by atoms with Crippen LogP contribution >= 0.6 is 11.6 Å². The molecule has 0 spiro atoms. The lowest BCUT2D eigenvalue weighted by Crippen LogP contribution is -2.25. The molecule has 1 amide bonds. The molecule has 0 aliphatic heterocycles. The molecule has 0 fully saturated rings. The van der Waals surface area contributed by atoms with Crippen LogP contribution in [0.25, 0.3) is 0 Å². The van der Waals surface area contributed by atoms with E-state index in [-0.39, 0.29) is 12.5 Å². The number of carbonyl (C=O) groups is 1. The van der Waals surface area contributed by atoms with Crippen molar-refractivity contribution in [1.82, 2.24) is 5.32 Å². The van der Waals surface area contributed by atoms with Gasteiger partial charge in [0.1, 0.15) is 5.75 Å². The van der Waals surface area contributed by atoms with E-state index in [9.17, 15) is 4.79 Å². The number of benzene rings is 1. The van der Waals surface area contributed by atoms with Gasteiger partial charge in [0.2, 0.25) is 0 Å². The van der Waals surface area contributed by atoms with E-state index >= 15 is 0 Å². The van der Waals surface area contributed by atoms with Gasteiger partial charge in [-0.05, 0) is 12.5 Å². The van der Waals surface area contributed by atoms with Crippen molar-refractivity contribution in [1.29, 1.82) is 0 Å². The first-order valence-electron chi connectivity index (χ1n) is 5.12. The van der Waals surface area contributed by atoms with E-state index in [4.69, 9.17) is 27.2 Å². The molecular formula is C11H15ClN2O3. The van der Waals surface area contributed by atoms with E-state index in [1.807, 2.05) is 0 Å². The van der Waals surface area contributed by atoms with Gasteiger partial charge in [-0.2, -0.15) is 0 Å². The highest BCUT2D eigenvalue weighted by atomic mass is 35.5. The topological polar surface area (TPSA) is 84.6 Å². The molecule has 0 aromatic heterocycles. The van der Waals surface area contributed by atoms with Crippen LogP contribution in [0.1, 0.15) is 16.8 Å². The molecule has 4 N–H and O–H groups in total. The van der Waals surface area contributed by atoms with Gasteiger partial charge in [-0.1, -0.05) is 11.6 Å². The number of halogens is 1. The molecule has 0 aliphatic carbocycles. The summed E-state index contributed by atoms with van der Waals surface area (Å²) in [5.74, 6) is 0.0607. The Balaban J connectivity index is 2.88. The molecule has 0 atom stereocenters. The van der Waals surface area contributed by atoms with Crippen molar-refractivity contribution in [3.63, 3.8) is 0 Å². The first kappa shape index (κ1) is 13.6. The molecule has 1 rings (SSSR count). The number of ether oxygens (including phenoxy) is 1. The minimum absolute atomic E-state index is 0.0277. The van der Waals surface area contributed by atoms with Crippen molar-refractivity contribution >= 4 is 23.2 Å². The van der Waals surface area contributed by atoms with Crippen LogP contribution in [0.4, 0.5) is 5.69 Å². The van der Waals surface area contributed by atoms with Gasteiger partial charge in [-0.15, -0.1) is 0 Å². The van der Waals surface area contributed by atoms with Gasteiger partial charge in [-0.3, -0.25) is 4.79 Å². The van der Waals surface area contributed by atoms with Crippen LogP contribution in [0.2, 0.25) is 5.02 Å². The second kappa shape index (κ2) is 6.32. The summed E-state index contributed by atoms with van der Waals surface area (Å²) in [5.41, 5.74) is 6.29. The Labute approximate surface area is 105 Å². The van der Waals surface area contributed by atoms with Gasteiger partial charge in [0, 0.05) is 19.2 Å². The fourth-order valence-corrected chi connectivity index (χ4v) is 1.46. The van der Waals surface area contributed by atoms with Crippen molar-refractivity contribution in [2.75, 3.05) is 26.0 Å². The summed E-state index contributed by atoms with van der Waals surface area (Å²) >= 11 is 5.85. The second-order valence-electron chi connectivity index (χ2n) is 3.41. The lowest BCUT2D eigenvalue weighted by Gasteiger charge is -2.10. The molecular weight excluding hydrogens is 244 g/mol. The van der Waals surface area contributed by atoms with Gasteiger partial charge in [0.05, 0.1) is 23.4 Å². The largest absolute Gasteiger partial charge is 0.496 e. The number of rotatable bonds is 5. The van der Waals surface area contributed by atoms with Crippen molar-refractivity contribution in [3.8, 4) is 5.75 Å². The molecule has 1 aromatic carbocycles. The number of carbonyl (C=O) groups excluding carboxylic acids is 1. The molecule has 0 saturated carbocycles. The second-order valence-corrected chi connectivity index (χ2v) is 3.81. The van der Waals surface area contributed by atoms with Gasteiger partial charge < -0.3 is 20.9 Å². The van der Waals surface area contributed by atoms with E-state index in [0.29, 0.717) is 35.0 Å². The summed E-state index contributed by atoms with van der Waals surface area (Å²) < 4.78 is 5.06. The third-order valence-electron chi connectivity index (χ3n) is 2.18. The third kappa shape index (κ3) is 3.51. The molecule has 0 unspecified atom stereocenters.